The van der Waals surface area contributed by atoms with E-state index in [4.69, 9.17) is 5.73 Å². The van der Waals surface area contributed by atoms with E-state index in [-0.39, 0.29) is 24.1 Å². The molecule has 1 saturated carbocycles. The van der Waals surface area contributed by atoms with Gasteiger partial charge in [0.15, 0.2) is 5.82 Å². The second kappa shape index (κ2) is 8.71. The monoisotopic (exact) mass is 415 g/mol. The van der Waals surface area contributed by atoms with Gasteiger partial charge in [0.05, 0.1) is 12.0 Å². The number of halogens is 2. The lowest BCUT2D eigenvalue weighted by molar-refractivity contribution is -0.121. The number of carbonyl (C=O) groups excluding carboxylic acids is 1. The van der Waals surface area contributed by atoms with Gasteiger partial charge < -0.3 is 11.1 Å². The quantitative estimate of drug-likeness (QED) is 0.588. The van der Waals surface area contributed by atoms with E-state index in [9.17, 15) is 9.18 Å². The number of hydrogen-bond acceptors (Lipinski definition) is 4. The van der Waals surface area contributed by atoms with Gasteiger partial charge in [0.1, 0.15) is 11.6 Å². The minimum absolute atomic E-state index is 0. The SMILES string of the molecule is Cl.NCc1nc(-c2ccc(NC(=O)C3(c4cccc(F)c4)CCCC3)cc2)n[nH]1. The third kappa shape index (κ3) is 4.16. The predicted molar refractivity (Wildman–Crippen MR) is 112 cm³/mol. The molecular formula is C21H23ClFN5O. The van der Waals surface area contributed by atoms with Gasteiger partial charge in [-0.05, 0) is 54.8 Å². The first kappa shape index (κ1) is 21.0. The van der Waals surface area contributed by atoms with Crippen LogP contribution in [0.3, 0.4) is 0 Å². The molecule has 0 saturated heterocycles. The van der Waals surface area contributed by atoms with Crippen LogP contribution in [0.25, 0.3) is 11.4 Å². The van der Waals surface area contributed by atoms with Crippen molar-refractivity contribution in [2.45, 2.75) is 37.6 Å². The van der Waals surface area contributed by atoms with Crippen molar-refractivity contribution < 1.29 is 9.18 Å². The van der Waals surface area contributed by atoms with Crippen LogP contribution in [0, 0.1) is 5.82 Å². The number of amides is 1. The molecule has 2 aromatic carbocycles. The molecule has 1 aromatic heterocycles. The smallest absolute Gasteiger partial charge is 0.235 e. The minimum atomic E-state index is -0.680. The Balaban J connectivity index is 0.00000240. The lowest BCUT2D eigenvalue weighted by Crippen LogP contribution is -2.38. The first-order valence-corrected chi connectivity index (χ1v) is 9.40. The van der Waals surface area contributed by atoms with Gasteiger partial charge in [-0.3, -0.25) is 9.89 Å². The zero-order valence-corrected chi connectivity index (χ0v) is 16.6. The number of aromatic amines is 1. The maximum atomic E-state index is 13.8. The van der Waals surface area contributed by atoms with Crippen molar-refractivity contribution in [1.82, 2.24) is 15.2 Å². The maximum absolute atomic E-state index is 13.8. The molecule has 1 aliphatic carbocycles. The Labute approximate surface area is 174 Å². The summed E-state index contributed by atoms with van der Waals surface area (Å²) in [5.41, 5.74) is 7.12. The van der Waals surface area contributed by atoms with Gasteiger partial charge in [-0.1, -0.05) is 25.0 Å². The molecule has 0 spiro atoms. The number of nitrogens with zero attached hydrogens (tertiary/aromatic N) is 2. The van der Waals surface area contributed by atoms with Gasteiger partial charge in [0, 0.05) is 11.3 Å². The second-order valence-electron chi connectivity index (χ2n) is 7.14. The van der Waals surface area contributed by atoms with Crippen LogP contribution in [-0.4, -0.2) is 21.1 Å². The topological polar surface area (TPSA) is 96.7 Å². The first-order chi connectivity index (χ1) is 13.6. The highest BCUT2D eigenvalue weighted by molar-refractivity contribution is 5.99. The zero-order valence-electron chi connectivity index (χ0n) is 15.8. The molecule has 0 unspecified atom stereocenters. The number of benzene rings is 2. The molecule has 4 N–H and O–H groups in total. The number of hydrogen-bond donors (Lipinski definition) is 3. The lowest BCUT2D eigenvalue weighted by atomic mass is 9.78. The molecule has 1 fully saturated rings. The largest absolute Gasteiger partial charge is 0.325 e. The van der Waals surface area contributed by atoms with Crippen LogP contribution in [0.4, 0.5) is 10.1 Å². The molecule has 1 amide bonds. The summed E-state index contributed by atoms with van der Waals surface area (Å²) < 4.78 is 13.8. The summed E-state index contributed by atoms with van der Waals surface area (Å²) in [6, 6.07) is 13.7. The third-order valence-corrected chi connectivity index (χ3v) is 5.39. The highest BCUT2D eigenvalue weighted by Crippen LogP contribution is 2.42. The van der Waals surface area contributed by atoms with E-state index in [1.54, 1.807) is 6.07 Å². The highest BCUT2D eigenvalue weighted by atomic mass is 35.5. The molecular weight excluding hydrogens is 393 g/mol. The van der Waals surface area contributed by atoms with Gasteiger partial charge in [0.2, 0.25) is 5.91 Å². The average Bonchev–Trinajstić information content (AvgIpc) is 3.39. The summed E-state index contributed by atoms with van der Waals surface area (Å²) in [6.07, 6.45) is 3.35. The first-order valence-electron chi connectivity index (χ1n) is 9.40. The molecule has 6 nitrogen and oxygen atoms in total. The van der Waals surface area contributed by atoms with E-state index < -0.39 is 5.41 Å². The summed E-state index contributed by atoms with van der Waals surface area (Å²) in [5.74, 6) is 0.770. The van der Waals surface area contributed by atoms with Gasteiger partial charge >= 0.3 is 0 Å². The van der Waals surface area contributed by atoms with E-state index in [1.807, 2.05) is 30.3 Å². The van der Waals surface area contributed by atoms with Gasteiger partial charge in [-0.15, -0.1) is 12.4 Å². The minimum Gasteiger partial charge on any atom is -0.325 e. The molecule has 4 rings (SSSR count). The number of nitrogens with one attached hydrogen (secondary N) is 2. The zero-order chi connectivity index (χ0) is 19.6. The third-order valence-electron chi connectivity index (χ3n) is 5.39. The van der Waals surface area contributed by atoms with Crippen molar-refractivity contribution in [2.24, 2.45) is 5.73 Å². The maximum Gasteiger partial charge on any atom is 0.235 e. The molecule has 0 radical (unpaired) electrons. The summed E-state index contributed by atoms with van der Waals surface area (Å²) in [7, 11) is 0. The van der Waals surface area contributed by atoms with Crippen LogP contribution in [-0.2, 0) is 16.8 Å². The van der Waals surface area contributed by atoms with Crippen LogP contribution < -0.4 is 11.1 Å². The fourth-order valence-corrected chi connectivity index (χ4v) is 3.88. The standard InChI is InChI=1S/C21H22FN5O.ClH/c22-16-5-3-4-15(12-16)21(10-1-2-11-21)20(28)24-17-8-6-14(7-9-17)19-25-18(13-23)26-27-19;/h3-9,12H,1-2,10-11,13,23H2,(H,24,28)(H,25,26,27);1H. The number of anilines is 1. The Kier molecular flexibility index (Phi) is 6.30. The van der Waals surface area contributed by atoms with E-state index in [1.165, 1.54) is 12.1 Å². The molecule has 29 heavy (non-hydrogen) atoms. The van der Waals surface area contributed by atoms with Crippen molar-refractivity contribution in [2.75, 3.05) is 5.32 Å². The summed E-state index contributed by atoms with van der Waals surface area (Å²) in [6.45, 7) is 0.295. The van der Waals surface area contributed by atoms with Crippen molar-refractivity contribution >= 4 is 24.0 Å². The number of H-pyrrole nitrogens is 1. The summed E-state index contributed by atoms with van der Waals surface area (Å²) in [5, 5.41) is 9.92. The molecule has 0 atom stereocenters. The van der Waals surface area contributed by atoms with Gasteiger partial charge in [-0.2, -0.15) is 5.10 Å². The highest BCUT2D eigenvalue weighted by Gasteiger charge is 2.42. The molecule has 8 heteroatoms. The molecule has 1 heterocycles. The Morgan fingerprint density at radius 3 is 2.52 bits per heavy atom. The Bertz CT molecular complexity index is 983. The van der Waals surface area contributed by atoms with E-state index in [0.717, 1.165) is 36.8 Å². The van der Waals surface area contributed by atoms with Crippen molar-refractivity contribution in [3.05, 3.63) is 65.7 Å². The van der Waals surface area contributed by atoms with Gasteiger partial charge in [0.25, 0.3) is 0 Å². The van der Waals surface area contributed by atoms with Crippen LogP contribution in [0.5, 0.6) is 0 Å². The molecule has 1 aliphatic rings. The van der Waals surface area contributed by atoms with Gasteiger partial charge in [-0.25, -0.2) is 9.37 Å². The molecule has 0 bridgehead atoms. The van der Waals surface area contributed by atoms with Crippen LogP contribution in [0.2, 0.25) is 0 Å². The summed E-state index contributed by atoms with van der Waals surface area (Å²) in [4.78, 5) is 17.5. The van der Waals surface area contributed by atoms with Crippen LogP contribution >= 0.6 is 12.4 Å². The van der Waals surface area contributed by atoms with Crippen molar-refractivity contribution in [3.8, 4) is 11.4 Å². The second-order valence-corrected chi connectivity index (χ2v) is 7.14. The number of rotatable bonds is 5. The predicted octanol–water partition coefficient (Wildman–Crippen LogP) is 3.94. The fraction of sp³-hybridized carbons (Fsp3) is 0.286. The van der Waals surface area contributed by atoms with E-state index in [2.05, 4.69) is 20.5 Å². The number of nitrogens with two attached hydrogens (primary N) is 1. The van der Waals surface area contributed by atoms with Crippen LogP contribution in [0.15, 0.2) is 48.5 Å². The lowest BCUT2D eigenvalue weighted by Gasteiger charge is -2.28. The molecule has 3 aromatic rings. The number of aromatic nitrogens is 3. The Morgan fingerprint density at radius 1 is 1.17 bits per heavy atom. The van der Waals surface area contributed by atoms with E-state index in [0.29, 0.717) is 23.9 Å². The number of carbonyl (C=O) groups is 1. The Hall–Kier alpha value is -2.77. The van der Waals surface area contributed by atoms with Crippen LogP contribution in [0.1, 0.15) is 37.1 Å². The van der Waals surface area contributed by atoms with Crippen molar-refractivity contribution in [1.29, 1.82) is 0 Å². The summed E-state index contributed by atoms with van der Waals surface area (Å²) >= 11 is 0. The molecule has 152 valence electrons. The fourth-order valence-electron chi connectivity index (χ4n) is 3.88. The average molecular weight is 416 g/mol. The molecule has 0 aliphatic heterocycles. The normalized spacial score (nSPS) is 15.0. The van der Waals surface area contributed by atoms with Crippen molar-refractivity contribution in [3.63, 3.8) is 0 Å². The van der Waals surface area contributed by atoms with E-state index >= 15 is 0 Å². The Morgan fingerprint density at radius 2 is 1.90 bits per heavy atom.